The van der Waals surface area contributed by atoms with Crippen LogP contribution in [0, 0.1) is 6.92 Å². The Bertz CT molecular complexity index is 709. The summed E-state index contributed by atoms with van der Waals surface area (Å²) in [6, 6.07) is 14.1. The Hall–Kier alpha value is -1.85. The quantitative estimate of drug-likeness (QED) is 0.864. The van der Waals surface area contributed by atoms with Crippen LogP contribution in [-0.4, -0.2) is 19.3 Å². The minimum absolute atomic E-state index is 0.270. The van der Waals surface area contributed by atoms with Crippen LogP contribution in [-0.2, 0) is 16.6 Å². The number of hydrogen-bond acceptors (Lipinski definition) is 3. The van der Waals surface area contributed by atoms with E-state index in [4.69, 9.17) is 5.73 Å². The molecule has 0 heterocycles. The van der Waals surface area contributed by atoms with Gasteiger partial charge in [-0.1, -0.05) is 31.2 Å². The first-order valence-electron chi connectivity index (χ1n) is 6.85. The molecule has 2 aromatic carbocycles. The van der Waals surface area contributed by atoms with Crippen LogP contribution in [0.25, 0.3) is 0 Å². The van der Waals surface area contributed by atoms with E-state index in [9.17, 15) is 8.42 Å². The van der Waals surface area contributed by atoms with Crippen molar-refractivity contribution >= 4 is 15.7 Å². The van der Waals surface area contributed by atoms with Crippen molar-refractivity contribution in [2.45, 2.75) is 25.3 Å². The zero-order valence-electron chi connectivity index (χ0n) is 12.3. The van der Waals surface area contributed by atoms with Gasteiger partial charge in [-0.05, 0) is 42.3 Å². The van der Waals surface area contributed by atoms with Crippen LogP contribution >= 0.6 is 0 Å². The van der Waals surface area contributed by atoms with Crippen molar-refractivity contribution in [1.82, 2.24) is 4.31 Å². The number of nitrogen functional groups attached to an aromatic ring is 1. The summed E-state index contributed by atoms with van der Waals surface area (Å²) in [4.78, 5) is 0.270. The van der Waals surface area contributed by atoms with Crippen LogP contribution in [0.15, 0.2) is 53.4 Å². The van der Waals surface area contributed by atoms with E-state index in [1.807, 2.05) is 38.1 Å². The van der Waals surface area contributed by atoms with Gasteiger partial charge in [0.15, 0.2) is 0 Å². The first-order valence-corrected chi connectivity index (χ1v) is 8.29. The molecule has 0 aromatic heterocycles. The summed E-state index contributed by atoms with van der Waals surface area (Å²) < 4.78 is 26.8. The standard InChI is InChI=1S/C16H20N2O2S/c1-3-18(12-14-7-5-4-6-13(14)2)21(19,20)16-10-8-15(17)9-11-16/h4-11H,3,12,17H2,1-2H3. The lowest BCUT2D eigenvalue weighted by Crippen LogP contribution is -2.30. The summed E-state index contributed by atoms with van der Waals surface area (Å²) in [5.74, 6) is 0. The molecule has 2 aromatic rings. The second-order valence-electron chi connectivity index (χ2n) is 4.93. The van der Waals surface area contributed by atoms with Gasteiger partial charge < -0.3 is 5.73 Å². The van der Waals surface area contributed by atoms with E-state index in [-0.39, 0.29) is 4.90 Å². The van der Waals surface area contributed by atoms with E-state index in [1.54, 1.807) is 24.3 Å². The summed E-state index contributed by atoms with van der Waals surface area (Å²) in [5.41, 5.74) is 8.26. The van der Waals surface area contributed by atoms with E-state index in [0.717, 1.165) is 11.1 Å². The van der Waals surface area contributed by atoms with Gasteiger partial charge in [0.05, 0.1) is 4.90 Å². The Morgan fingerprint density at radius 3 is 2.24 bits per heavy atom. The Kier molecular flexibility index (Phi) is 4.65. The fourth-order valence-electron chi connectivity index (χ4n) is 2.13. The summed E-state index contributed by atoms with van der Waals surface area (Å²) in [5, 5.41) is 0. The first-order chi connectivity index (χ1) is 9.95. The molecule has 0 amide bonds. The molecule has 4 nitrogen and oxygen atoms in total. The molecule has 0 radical (unpaired) electrons. The molecule has 0 aliphatic heterocycles. The summed E-state index contributed by atoms with van der Waals surface area (Å²) >= 11 is 0. The second-order valence-corrected chi connectivity index (χ2v) is 6.86. The maximum atomic E-state index is 12.7. The van der Waals surface area contributed by atoms with Crippen molar-refractivity contribution in [2.75, 3.05) is 12.3 Å². The maximum Gasteiger partial charge on any atom is 0.243 e. The third-order valence-electron chi connectivity index (χ3n) is 3.48. The zero-order valence-corrected chi connectivity index (χ0v) is 13.1. The normalized spacial score (nSPS) is 11.8. The molecule has 2 rings (SSSR count). The SMILES string of the molecule is CCN(Cc1ccccc1C)S(=O)(=O)c1ccc(N)cc1. The fourth-order valence-corrected chi connectivity index (χ4v) is 3.56. The van der Waals surface area contributed by atoms with E-state index in [1.165, 1.54) is 4.31 Å². The monoisotopic (exact) mass is 304 g/mol. The number of nitrogens with two attached hydrogens (primary N) is 1. The van der Waals surface area contributed by atoms with Crippen LogP contribution in [0.4, 0.5) is 5.69 Å². The Morgan fingerprint density at radius 1 is 1.05 bits per heavy atom. The number of anilines is 1. The highest BCUT2D eigenvalue weighted by atomic mass is 32.2. The first kappa shape index (κ1) is 15.5. The van der Waals surface area contributed by atoms with Crippen molar-refractivity contribution in [3.8, 4) is 0 Å². The summed E-state index contributed by atoms with van der Waals surface area (Å²) in [6.45, 7) is 4.61. The molecule has 0 saturated heterocycles. The minimum Gasteiger partial charge on any atom is -0.399 e. The van der Waals surface area contributed by atoms with E-state index in [2.05, 4.69) is 0 Å². The molecular weight excluding hydrogens is 284 g/mol. The van der Waals surface area contributed by atoms with Crippen LogP contribution < -0.4 is 5.73 Å². The molecule has 0 atom stereocenters. The van der Waals surface area contributed by atoms with Gasteiger partial charge in [-0.25, -0.2) is 8.42 Å². The van der Waals surface area contributed by atoms with Gasteiger partial charge in [0.25, 0.3) is 0 Å². The van der Waals surface area contributed by atoms with Crippen LogP contribution in [0.5, 0.6) is 0 Å². The molecular formula is C16H20N2O2S. The van der Waals surface area contributed by atoms with Gasteiger partial charge in [-0.15, -0.1) is 0 Å². The van der Waals surface area contributed by atoms with E-state index in [0.29, 0.717) is 18.8 Å². The molecule has 0 fully saturated rings. The Labute approximate surface area is 126 Å². The smallest absolute Gasteiger partial charge is 0.243 e. The van der Waals surface area contributed by atoms with Crippen molar-refractivity contribution in [2.24, 2.45) is 0 Å². The topological polar surface area (TPSA) is 63.4 Å². The number of nitrogens with zero attached hydrogens (tertiary/aromatic N) is 1. The average Bonchev–Trinajstić information content (AvgIpc) is 2.46. The number of aryl methyl sites for hydroxylation is 1. The fraction of sp³-hybridized carbons (Fsp3) is 0.250. The molecule has 0 spiro atoms. The predicted octanol–water partition coefficient (Wildman–Crippen LogP) is 2.79. The van der Waals surface area contributed by atoms with Crippen LogP contribution in [0.2, 0.25) is 0 Å². The molecule has 0 aliphatic carbocycles. The van der Waals surface area contributed by atoms with E-state index >= 15 is 0 Å². The highest BCUT2D eigenvalue weighted by Gasteiger charge is 2.23. The van der Waals surface area contributed by atoms with Crippen LogP contribution in [0.1, 0.15) is 18.1 Å². The largest absolute Gasteiger partial charge is 0.399 e. The molecule has 5 heteroatoms. The maximum absolute atomic E-state index is 12.7. The predicted molar refractivity (Wildman–Crippen MR) is 85.3 cm³/mol. The molecule has 0 aliphatic rings. The number of hydrogen-bond donors (Lipinski definition) is 1. The van der Waals surface area contributed by atoms with Gasteiger partial charge >= 0.3 is 0 Å². The summed E-state index contributed by atoms with van der Waals surface area (Å²) in [7, 11) is -3.51. The highest BCUT2D eigenvalue weighted by molar-refractivity contribution is 7.89. The highest BCUT2D eigenvalue weighted by Crippen LogP contribution is 2.20. The molecule has 21 heavy (non-hydrogen) atoms. The third-order valence-corrected chi connectivity index (χ3v) is 5.41. The Balaban J connectivity index is 2.32. The minimum atomic E-state index is -3.51. The van der Waals surface area contributed by atoms with Gasteiger partial charge in [-0.3, -0.25) is 0 Å². The lowest BCUT2D eigenvalue weighted by molar-refractivity contribution is 0.422. The third kappa shape index (κ3) is 3.43. The van der Waals surface area contributed by atoms with Crippen LogP contribution in [0.3, 0.4) is 0 Å². The van der Waals surface area contributed by atoms with Crippen molar-refractivity contribution in [1.29, 1.82) is 0 Å². The lowest BCUT2D eigenvalue weighted by atomic mass is 10.1. The van der Waals surface area contributed by atoms with Gasteiger partial charge in [0.2, 0.25) is 10.0 Å². The van der Waals surface area contributed by atoms with Gasteiger partial charge in [-0.2, -0.15) is 4.31 Å². The second kappa shape index (κ2) is 6.28. The summed E-state index contributed by atoms with van der Waals surface area (Å²) in [6.07, 6.45) is 0. The van der Waals surface area contributed by atoms with Gasteiger partial charge in [0, 0.05) is 18.8 Å². The van der Waals surface area contributed by atoms with Crippen molar-refractivity contribution in [3.05, 3.63) is 59.7 Å². The zero-order chi connectivity index (χ0) is 15.5. The van der Waals surface area contributed by atoms with E-state index < -0.39 is 10.0 Å². The average molecular weight is 304 g/mol. The number of sulfonamides is 1. The lowest BCUT2D eigenvalue weighted by Gasteiger charge is -2.21. The van der Waals surface area contributed by atoms with Crippen molar-refractivity contribution in [3.63, 3.8) is 0 Å². The molecule has 0 saturated carbocycles. The molecule has 112 valence electrons. The van der Waals surface area contributed by atoms with Gasteiger partial charge in [0.1, 0.15) is 0 Å². The number of rotatable bonds is 5. The molecule has 0 bridgehead atoms. The van der Waals surface area contributed by atoms with Crippen molar-refractivity contribution < 1.29 is 8.42 Å². The number of benzene rings is 2. The molecule has 0 unspecified atom stereocenters. The molecule has 2 N–H and O–H groups in total. The Morgan fingerprint density at radius 2 is 1.67 bits per heavy atom.